The molecule has 2 aromatic rings. The third-order valence-electron chi connectivity index (χ3n) is 5.40. The highest BCUT2D eigenvalue weighted by Crippen LogP contribution is 2.30. The van der Waals surface area contributed by atoms with Gasteiger partial charge in [0.25, 0.3) is 0 Å². The van der Waals surface area contributed by atoms with Crippen LogP contribution in [0.3, 0.4) is 0 Å². The molecule has 7 heteroatoms. The number of aryl methyl sites for hydroxylation is 1. The lowest BCUT2D eigenvalue weighted by molar-refractivity contribution is -0.132. The fourth-order valence-corrected chi connectivity index (χ4v) is 3.75. The molecule has 5 nitrogen and oxygen atoms in total. The maximum atomic E-state index is 13.3. The molecule has 1 atom stereocenters. The average Bonchev–Trinajstić information content (AvgIpc) is 2.70. The summed E-state index contributed by atoms with van der Waals surface area (Å²) in [5.74, 6) is -0.608. The molecule has 0 saturated carbocycles. The number of halogens is 2. The van der Waals surface area contributed by atoms with Crippen LogP contribution in [0.25, 0.3) is 0 Å². The second kappa shape index (κ2) is 8.82. The number of likely N-dealkylation sites (tertiary alicyclic amines) is 1. The normalized spacial score (nSPS) is 19.0. The van der Waals surface area contributed by atoms with Crippen molar-refractivity contribution in [3.8, 4) is 0 Å². The molecule has 0 radical (unpaired) electrons. The fourth-order valence-electron chi connectivity index (χ4n) is 3.57. The van der Waals surface area contributed by atoms with Gasteiger partial charge in [-0.2, -0.15) is 0 Å². The minimum Gasteiger partial charge on any atom is -0.351 e. The third kappa shape index (κ3) is 5.07. The van der Waals surface area contributed by atoms with E-state index in [-0.39, 0.29) is 17.0 Å². The van der Waals surface area contributed by atoms with Gasteiger partial charge < -0.3 is 15.5 Å². The molecule has 154 valence electrons. The van der Waals surface area contributed by atoms with Crippen LogP contribution in [0.4, 0.5) is 14.9 Å². The number of hydrogen-bond acceptors (Lipinski definition) is 2. The molecule has 3 amide bonds. The first-order chi connectivity index (χ1) is 13.8. The van der Waals surface area contributed by atoms with Crippen molar-refractivity contribution in [2.45, 2.75) is 33.2 Å². The molecule has 1 fully saturated rings. The van der Waals surface area contributed by atoms with E-state index in [1.807, 2.05) is 38.1 Å². The van der Waals surface area contributed by atoms with Crippen LogP contribution >= 0.6 is 11.6 Å². The molecule has 0 aromatic heterocycles. The molecule has 0 unspecified atom stereocenters. The van der Waals surface area contributed by atoms with Gasteiger partial charge >= 0.3 is 6.03 Å². The number of nitrogens with one attached hydrogen (secondary N) is 2. The maximum absolute atomic E-state index is 13.3. The van der Waals surface area contributed by atoms with E-state index >= 15 is 0 Å². The lowest BCUT2D eigenvalue weighted by Crippen LogP contribution is -2.52. The summed E-state index contributed by atoms with van der Waals surface area (Å²) in [5.41, 5.74) is 1.94. The smallest absolute Gasteiger partial charge is 0.321 e. The van der Waals surface area contributed by atoms with Crippen molar-refractivity contribution in [3.05, 3.63) is 64.4 Å². The number of rotatable bonds is 4. The third-order valence-corrected chi connectivity index (χ3v) is 5.69. The SMILES string of the molecule is Cc1ccccc1CNC(=O)[C@]1(C)CCCN(C(=O)Nc2ccc(F)c(Cl)c2)C1. The Bertz CT molecular complexity index is 921. The van der Waals surface area contributed by atoms with E-state index in [0.717, 1.165) is 17.5 Å². The van der Waals surface area contributed by atoms with E-state index in [1.54, 1.807) is 4.90 Å². The molecular weight excluding hydrogens is 393 g/mol. The number of amides is 3. The Morgan fingerprint density at radius 3 is 2.72 bits per heavy atom. The van der Waals surface area contributed by atoms with Crippen molar-refractivity contribution in [1.29, 1.82) is 0 Å². The van der Waals surface area contributed by atoms with Crippen molar-refractivity contribution in [1.82, 2.24) is 10.2 Å². The molecule has 2 aromatic carbocycles. The summed E-state index contributed by atoms with van der Waals surface area (Å²) < 4.78 is 13.3. The summed E-state index contributed by atoms with van der Waals surface area (Å²) in [5, 5.41) is 5.69. The highest BCUT2D eigenvalue weighted by Gasteiger charge is 2.39. The van der Waals surface area contributed by atoms with Crippen molar-refractivity contribution in [2.24, 2.45) is 5.41 Å². The first kappa shape index (κ1) is 21.1. The van der Waals surface area contributed by atoms with Crippen molar-refractivity contribution in [2.75, 3.05) is 18.4 Å². The Kier molecular flexibility index (Phi) is 6.42. The van der Waals surface area contributed by atoms with Gasteiger partial charge in [-0.1, -0.05) is 35.9 Å². The fraction of sp³-hybridized carbons (Fsp3) is 0.364. The van der Waals surface area contributed by atoms with Gasteiger partial charge in [-0.25, -0.2) is 9.18 Å². The van der Waals surface area contributed by atoms with Crippen LogP contribution in [0.15, 0.2) is 42.5 Å². The first-order valence-electron chi connectivity index (χ1n) is 9.62. The molecule has 1 heterocycles. The highest BCUT2D eigenvalue weighted by molar-refractivity contribution is 6.31. The number of carbonyl (C=O) groups excluding carboxylic acids is 2. The summed E-state index contributed by atoms with van der Waals surface area (Å²) in [6.45, 7) is 5.22. The Hall–Kier alpha value is -2.60. The van der Waals surface area contributed by atoms with Crippen molar-refractivity contribution >= 4 is 29.2 Å². The highest BCUT2D eigenvalue weighted by atomic mass is 35.5. The van der Waals surface area contributed by atoms with Crippen molar-refractivity contribution < 1.29 is 14.0 Å². The number of urea groups is 1. The van der Waals surface area contributed by atoms with Gasteiger partial charge in [-0.05, 0) is 56.0 Å². The second-order valence-electron chi connectivity index (χ2n) is 7.75. The zero-order valence-electron chi connectivity index (χ0n) is 16.6. The van der Waals surface area contributed by atoms with Gasteiger partial charge in [0.2, 0.25) is 5.91 Å². The van der Waals surface area contributed by atoms with Crippen LogP contribution in [0.2, 0.25) is 5.02 Å². The Labute approximate surface area is 175 Å². The van der Waals surface area contributed by atoms with Gasteiger partial charge in [0.05, 0.1) is 10.4 Å². The molecule has 0 aliphatic carbocycles. The maximum Gasteiger partial charge on any atom is 0.321 e. The van der Waals surface area contributed by atoms with E-state index in [4.69, 9.17) is 11.6 Å². The minimum absolute atomic E-state index is 0.0538. The number of anilines is 1. The molecule has 0 bridgehead atoms. The van der Waals surface area contributed by atoms with Gasteiger partial charge in [-0.3, -0.25) is 4.79 Å². The summed E-state index contributed by atoms with van der Waals surface area (Å²) >= 11 is 5.77. The summed E-state index contributed by atoms with van der Waals surface area (Å²) in [6.07, 6.45) is 1.44. The summed E-state index contributed by atoms with van der Waals surface area (Å²) in [7, 11) is 0. The van der Waals surface area contributed by atoms with E-state index in [0.29, 0.717) is 31.7 Å². The van der Waals surface area contributed by atoms with Crippen LogP contribution in [0.1, 0.15) is 30.9 Å². The monoisotopic (exact) mass is 417 g/mol. The second-order valence-corrected chi connectivity index (χ2v) is 8.16. The zero-order chi connectivity index (χ0) is 21.0. The van der Waals surface area contributed by atoms with Gasteiger partial charge in [0, 0.05) is 25.3 Å². The number of nitrogens with zero attached hydrogens (tertiary/aromatic N) is 1. The molecule has 29 heavy (non-hydrogen) atoms. The quantitative estimate of drug-likeness (QED) is 0.754. The van der Waals surface area contributed by atoms with Gasteiger partial charge in [0.15, 0.2) is 0 Å². The topological polar surface area (TPSA) is 61.4 Å². The standard InChI is InChI=1S/C22H25ClFN3O2/c1-15-6-3-4-7-16(15)13-25-20(28)22(2)10-5-11-27(14-22)21(29)26-17-8-9-19(24)18(23)12-17/h3-4,6-9,12H,5,10-11,13-14H2,1-2H3,(H,25,28)(H,26,29)/t22-/m1/s1. The average molecular weight is 418 g/mol. The Morgan fingerprint density at radius 1 is 1.24 bits per heavy atom. The Morgan fingerprint density at radius 2 is 2.00 bits per heavy atom. The van der Waals surface area contributed by atoms with Crippen molar-refractivity contribution in [3.63, 3.8) is 0 Å². The molecule has 3 rings (SSSR count). The van der Waals surface area contributed by atoms with Crippen LogP contribution in [0.5, 0.6) is 0 Å². The molecule has 0 spiro atoms. The van der Waals surface area contributed by atoms with E-state index in [9.17, 15) is 14.0 Å². The zero-order valence-corrected chi connectivity index (χ0v) is 17.4. The predicted octanol–water partition coefficient (Wildman–Crippen LogP) is 4.74. The summed E-state index contributed by atoms with van der Waals surface area (Å²) in [4.78, 5) is 27.1. The van der Waals surface area contributed by atoms with E-state index < -0.39 is 11.2 Å². The van der Waals surface area contributed by atoms with E-state index in [2.05, 4.69) is 10.6 Å². The molecular formula is C22H25ClFN3O2. The van der Waals surface area contributed by atoms with Crippen LogP contribution in [-0.2, 0) is 11.3 Å². The summed E-state index contributed by atoms with van der Waals surface area (Å²) in [6, 6.07) is 11.6. The molecule has 1 aliphatic heterocycles. The number of piperidine rings is 1. The molecule has 1 saturated heterocycles. The lowest BCUT2D eigenvalue weighted by Gasteiger charge is -2.39. The van der Waals surface area contributed by atoms with Crippen LogP contribution in [-0.4, -0.2) is 29.9 Å². The first-order valence-corrected chi connectivity index (χ1v) is 10.00. The van der Waals surface area contributed by atoms with Gasteiger partial charge in [-0.15, -0.1) is 0 Å². The lowest BCUT2D eigenvalue weighted by atomic mass is 9.81. The number of hydrogen-bond donors (Lipinski definition) is 2. The Balaban J connectivity index is 1.61. The largest absolute Gasteiger partial charge is 0.351 e. The van der Waals surface area contributed by atoms with Gasteiger partial charge in [0.1, 0.15) is 5.82 Å². The minimum atomic E-state index is -0.668. The number of carbonyl (C=O) groups is 2. The molecule has 1 aliphatic rings. The predicted molar refractivity (Wildman–Crippen MR) is 112 cm³/mol. The molecule has 2 N–H and O–H groups in total. The number of benzene rings is 2. The van der Waals surface area contributed by atoms with E-state index in [1.165, 1.54) is 18.2 Å². The van der Waals surface area contributed by atoms with Crippen LogP contribution < -0.4 is 10.6 Å². The van der Waals surface area contributed by atoms with Crippen LogP contribution in [0, 0.1) is 18.2 Å².